The van der Waals surface area contributed by atoms with E-state index in [0.29, 0.717) is 12.2 Å². The highest BCUT2D eigenvalue weighted by Crippen LogP contribution is 2.16. The van der Waals surface area contributed by atoms with Crippen LogP contribution in [0.25, 0.3) is 0 Å². The lowest BCUT2D eigenvalue weighted by Gasteiger charge is -2.06. The highest BCUT2D eigenvalue weighted by atomic mass is 16.5. The van der Waals surface area contributed by atoms with Crippen LogP contribution in [-0.2, 0) is 4.74 Å². The van der Waals surface area contributed by atoms with Crippen LogP contribution in [0.5, 0.6) is 5.75 Å². The van der Waals surface area contributed by atoms with E-state index < -0.39 is 0 Å². The molecule has 0 saturated heterocycles. The number of phenolic OH excluding ortho intramolecular Hbond substituents is 1. The summed E-state index contributed by atoms with van der Waals surface area (Å²) in [5.41, 5.74) is 2.21. The molecular weight excluding hydrogens is 446 g/mol. The molecule has 2 aromatic carbocycles. The molecule has 2 aromatic rings. The van der Waals surface area contributed by atoms with Crippen molar-refractivity contribution in [2.45, 2.75) is 110 Å². The first kappa shape index (κ1) is 29.6. The molecule has 0 spiro atoms. The summed E-state index contributed by atoms with van der Waals surface area (Å²) >= 11 is 0. The minimum Gasteiger partial charge on any atom is -0.508 e. The summed E-state index contributed by atoms with van der Waals surface area (Å²) in [6, 6.07) is 14.0. The molecule has 36 heavy (non-hydrogen) atoms. The predicted molar refractivity (Wildman–Crippen MR) is 152 cm³/mol. The monoisotopic (exact) mass is 493 g/mol. The lowest BCUT2D eigenvalue weighted by molar-refractivity contribution is 0.0497. The molecule has 4 nitrogen and oxygen atoms in total. The summed E-state index contributed by atoms with van der Waals surface area (Å²) in [7, 11) is 0. The van der Waals surface area contributed by atoms with Gasteiger partial charge in [0.2, 0.25) is 0 Å². The Bertz CT molecular complexity index is 843. The zero-order valence-corrected chi connectivity index (χ0v) is 22.4. The van der Waals surface area contributed by atoms with E-state index in [2.05, 4.69) is 11.9 Å². The smallest absolute Gasteiger partial charge is 0.338 e. The number of ether oxygens (including phenoxy) is 1. The van der Waals surface area contributed by atoms with Crippen LogP contribution in [0.4, 0.5) is 5.69 Å². The number of hydrogen-bond donors (Lipinski definition) is 1. The Labute approximate surface area is 219 Å². The molecular formula is C32H47NO3. The van der Waals surface area contributed by atoms with Crippen molar-refractivity contribution >= 4 is 17.9 Å². The molecule has 0 aromatic heterocycles. The van der Waals surface area contributed by atoms with Gasteiger partial charge in [0.15, 0.2) is 0 Å². The number of carbonyl (C=O) groups is 1. The Morgan fingerprint density at radius 1 is 0.694 bits per heavy atom. The quantitative estimate of drug-likeness (QED) is 0.113. The fourth-order valence-corrected chi connectivity index (χ4v) is 4.29. The van der Waals surface area contributed by atoms with E-state index in [0.717, 1.165) is 24.1 Å². The van der Waals surface area contributed by atoms with Gasteiger partial charge in [-0.15, -0.1) is 0 Å². The maximum absolute atomic E-state index is 12.2. The molecule has 0 aliphatic rings. The highest BCUT2D eigenvalue weighted by Gasteiger charge is 2.06. The lowest BCUT2D eigenvalue weighted by Crippen LogP contribution is -2.06. The maximum atomic E-state index is 12.2. The Morgan fingerprint density at radius 2 is 1.17 bits per heavy atom. The summed E-state index contributed by atoms with van der Waals surface area (Å²) in [6.07, 6.45) is 23.1. The van der Waals surface area contributed by atoms with Gasteiger partial charge in [0.1, 0.15) is 5.75 Å². The van der Waals surface area contributed by atoms with Crippen molar-refractivity contribution in [2.75, 3.05) is 6.61 Å². The highest BCUT2D eigenvalue weighted by molar-refractivity contribution is 5.90. The molecule has 0 aliphatic heterocycles. The Morgan fingerprint density at radius 3 is 1.67 bits per heavy atom. The van der Waals surface area contributed by atoms with Crippen molar-refractivity contribution in [3.63, 3.8) is 0 Å². The topological polar surface area (TPSA) is 58.9 Å². The van der Waals surface area contributed by atoms with Crippen LogP contribution in [0.2, 0.25) is 0 Å². The van der Waals surface area contributed by atoms with Crippen molar-refractivity contribution in [1.29, 1.82) is 0 Å². The molecule has 4 heteroatoms. The second-order valence-corrected chi connectivity index (χ2v) is 9.84. The van der Waals surface area contributed by atoms with Gasteiger partial charge >= 0.3 is 5.97 Å². The summed E-state index contributed by atoms with van der Waals surface area (Å²) in [5.74, 6) is -0.0420. The Balaban J connectivity index is 1.42. The van der Waals surface area contributed by atoms with Gasteiger partial charge in [-0.2, -0.15) is 0 Å². The molecule has 0 atom stereocenters. The van der Waals surface area contributed by atoms with E-state index in [1.165, 1.54) is 89.9 Å². The summed E-state index contributed by atoms with van der Waals surface area (Å²) < 4.78 is 5.43. The molecule has 0 amide bonds. The van der Waals surface area contributed by atoms with Gasteiger partial charge in [-0.3, -0.25) is 4.99 Å². The van der Waals surface area contributed by atoms with E-state index in [-0.39, 0.29) is 11.7 Å². The molecule has 198 valence electrons. The minimum absolute atomic E-state index is 0.231. The van der Waals surface area contributed by atoms with E-state index in [4.69, 9.17) is 4.74 Å². The summed E-state index contributed by atoms with van der Waals surface area (Å²) in [6.45, 7) is 2.76. The van der Waals surface area contributed by atoms with Gasteiger partial charge in [0.25, 0.3) is 0 Å². The van der Waals surface area contributed by atoms with Gasteiger partial charge in [-0.1, -0.05) is 103 Å². The molecule has 0 aliphatic carbocycles. The number of nitrogens with zero attached hydrogens (tertiary/aromatic N) is 1. The van der Waals surface area contributed by atoms with Crippen molar-refractivity contribution in [3.05, 3.63) is 59.7 Å². The number of aliphatic imine (C=N–C) groups is 1. The van der Waals surface area contributed by atoms with Gasteiger partial charge in [0, 0.05) is 6.21 Å². The number of phenols is 1. The van der Waals surface area contributed by atoms with Crippen LogP contribution < -0.4 is 0 Å². The zero-order chi connectivity index (χ0) is 25.7. The van der Waals surface area contributed by atoms with Crippen LogP contribution in [0, 0.1) is 0 Å². The number of rotatable bonds is 20. The average molecular weight is 494 g/mol. The van der Waals surface area contributed by atoms with Crippen LogP contribution in [-0.4, -0.2) is 23.9 Å². The van der Waals surface area contributed by atoms with Crippen molar-refractivity contribution in [2.24, 2.45) is 4.99 Å². The first-order valence-electron chi connectivity index (χ1n) is 14.3. The zero-order valence-electron chi connectivity index (χ0n) is 22.4. The number of benzene rings is 2. The van der Waals surface area contributed by atoms with Crippen molar-refractivity contribution in [1.82, 2.24) is 0 Å². The molecule has 0 saturated carbocycles. The van der Waals surface area contributed by atoms with Gasteiger partial charge in [-0.05, 0) is 60.5 Å². The molecule has 0 bridgehead atoms. The predicted octanol–water partition coefficient (Wildman–Crippen LogP) is 9.56. The third-order valence-corrected chi connectivity index (χ3v) is 6.59. The molecule has 0 unspecified atom stereocenters. The fourth-order valence-electron chi connectivity index (χ4n) is 4.29. The van der Waals surface area contributed by atoms with Crippen molar-refractivity contribution < 1.29 is 14.6 Å². The van der Waals surface area contributed by atoms with Gasteiger partial charge in [-0.25, -0.2) is 4.79 Å². The number of carbonyl (C=O) groups excluding carboxylic acids is 1. The van der Waals surface area contributed by atoms with E-state index >= 15 is 0 Å². The number of aromatic hydroxyl groups is 1. The minimum atomic E-state index is -0.273. The van der Waals surface area contributed by atoms with Crippen molar-refractivity contribution in [3.8, 4) is 5.75 Å². The number of esters is 1. The van der Waals surface area contributed by atoms with Crippen LogP contribution in [0.3, 0.4) is 0 Å². The Hall–Kier alpha value is -2.62. The standard InChI is InChI=1S/C32H47NO3/c1-2-3-4-5-6-7-8-9-10-11-12-13-14-15-16-17-26-36-32(35)29-20-22-30(23-21-29)33-27-28-18-24-31(34)25-19-28/h18-25,27,34H,2-17,26H2,1H3. The van der Waals surface area contributed by atoms with E-state index in [1.54, 1.807) is 42.6 Å². The molecule has 0 radical (unpaired) electrons. The fraction of sp³-hybridized carbons (Fsp3) is 0.562. The third-order valence-electron chi connectivity index (χ3n) is 6.59. The summed E-state index contributed by atoms with van der Waals surface area (Å²) in [5, 5.41) is 9.33. The van der Waals surface area contributed by atoms with Crippen LogP contribution in [0.15, 0.2) is 53.5 Å². The summed E-state index contributed by atoms with van der Waals surface area (Å²) in [4.78, 5) is 16.6. The number of hydrogen-bond acceptors (Lipinski definition) is 4. The van der Waals surface area contributed by atoms with Gasteiger partial charge in [0.05, 0.1) is 17.9 Å². The first-order valence-corrected chi connectivity index (χ1v) is 14.3. The first-order chi connectivity index (χ1) is 17.7. The second kappa shape index (κ2) is 19.6. The van der Waals surface area contributed by atoms with Crippen LogP contribution >= 0.6 is 0 Å². The second-order valence-electron chi connectivity index (χ2n) is 9.84. The third kappa shape index (κ3) is 14.1. The molecule has 0 fully saturated rings. The van der Waals surface area contributed by atoms with Crippen LogP contribution in [0.1, 0.15) is 126 Å². The Kier molecular flexibility index (Phi) is 16.1. The molecule has 2 rings (SSSR count). The SMILES string of the molecule is CCCCCCCCCCCCCCCCCCOC(=O)c1ccc(N=Cc2ccc(O)cc2)cc1. The molecule has 0 heterocycles. The van der Waals surface area contributed by atoms with E-state index in [1.807, 2.05) is 12.1 Å². The van der Waals surface area contributed by atoms with Gasteiger partial charge < -0.3 is 9.84 Å². The average Bonchev–Trinajstić information content (AvgIpc) is 2.90. The largest absolute Gasteiger partial charge is 0.508 e. The van der Waals surface area contributed by atoms with E-state index in [9.17, 15) is 9.90 Å². The normalized spacial score (nSPS) is 11.2. The number of unbranched alkanes of at least 4 members (excludes halogenated alkanes) is 15. The lowest BCUT2D eigenvalue weighted by atomic mass is 10.0. The molecule has 1 N–H and O–H groups in total. The maximum Gasteiger partial charge on any atom is 0.338 e.